The van der Waals surface area contributed by atoms with Gasteiger partial charge in [-0.3, -0.25) is 9.59 Å². The predicted molar refractivity (Wildman–Crippen MR) is 106 cm³/mol. The van der Waals surface area contributed by atoms with Crippen molar-refractivity contribution in [3.05, 3.63) is 61.4 Å². The Morgan fingerprint density at radius 2 is 1.84 bits per heavy atom. The molecule has 2 aromatic rings. The SMILES string of the molecule is COc1c(Cl)cc(Br)cc1/C=C1\SC(=O)N(c2ccc(Cl)cc2)C1=O. The molecule has 0 aliphatic carbocycles. The van der Waals surface area contributed by atoms with E-state index in [1.54, 1.807) is 42.5 Å². The third kappa shape index (κ3) is 3.72. The number of anilines is 1. The Hall–Kier alpha value is -1.47. The van der Waals surface area contributed by atoms with Crippen molar-refractivity contribution >= 4 is 73.8 Å². The van der Waals surface area contributed by atoms with E-state index in [4.69, 9.17) is 27.9 Å². The molecule has 0 saturated carbocycles. The third-order valence-electron chi connectivity index (χ3n) is 3.41. The van der Waals surface area contributed by atoms with Crippen molar-refractivity contribution in [3.63, 3.8) is 0 Å². The lowest BCUT2D eigenvalue weighted by molar-refractivity contribution is -0.113. The van der Waals surface area contributed by atoms with Gasteiger partial charge in [-0.1, -0.05) is 39.1 Å². The summed E-state index contributed by atoms with van der Waals surface area (Å²) in [5.41, 5.74) is 1.07. The lowest BCUT2D eigenvalue weighted by atomic mass is 10.1. The van der Waals surface area contributed by atoms with Crippen LogP contribution in [0.25, 0.3) is 6.08 Å². The Morgan fingerprint density at radius 3 is 2.48 bits per heavy atom. The highest BCUT2D eigenvalue weighted by Gasteiger charge is 2.36. The van der Waals surface area contributed by atoms with Crippen LogP contribution in [0.2, 0.25) is 10.0 Å². The highest BCUT2D eigenvalue weighted by atomic mass is 79.9. The fourth-order valence-corrected chi connectivity index (χ4v) is 4.19. The molecule has 4 nitrogen and oxygen atoms in total. The zero-order valence-corrected chi connectivity index (χ0v) is 16.7. The summed E-state index contributed by atoms with van der Waals surface area (Å²) in [5.74, 6) is 0.0265. The number of hydrogen-bond acceptors (Lipinski definition) is 4. The van der Waals surface area contributed by atoms with E-state index in [2.05, 4.69) is 15.9 Å². The monoisotopic (exact) mass is 457 g/mol. The molecule has 25 heavy (non-hydrogen) atoms. The van der Waals surface area contributed by atoms with Gasteiger partial charge in [-0.15, -0.1) is 0 Å². The number of benzene rings is 2. The topological polar surface area (TPSA) is 46.6 Å². The molecule has 2 amide bonds. The van der Waals surface area contributed by atoms with E-state index in [-0.39, 0.29) is 10.1 Å². The lowest BCUT2D eigenvalue weighted by Gasteiger charge is -2.12. The predicted octanol–water partition coefficient (Wildman–Crippen LogP) is 6.01. The highest BCUT2D eigenvalue weighted by molar-refractivity contribution is 9.10. The first-order valence-corrected chi connectivity index (χ1v) is 9.34. The van der Waals surface area contributed by atoms with Gasteiger partial charge < -0.3 is 4.74 Å². The number of hydrogen-bond donors (Lipinski definition) is 0. The van der Waals surface area contributed by atoms with Crippen molar-refractivity contribution in [2.45, 2.75) is 0 Å². The second-order valence-corrected chi connectivity index (χ2v) is 7.76. The molecule has 8 heteroatoms. The van der Waals surface area contributed by atoms with Crippen LogP contribution < -0.4 is 9.64 Å². The molecule has 1 aliphatic rings. The van der Waals surface area contributed by atoms with Crippen LogP contribution in [0.15, 0.2) is 45.8 Å². The largest absolute Gasteiger partial charge is 0.495 e. The third-order valence-corrected chi connectivity index (χ3v) is 5.27. The molecule has 0 spiro atoms. The van der Waals surface area contributed by atoms with E-state index in [1.165, 1.54) is 7.11 Å². The summed E-state index contributed by atoms with van der Waals surface area (Å²) >= 11 is 16.2. The standard InChI is InChI=1S/C17H10BrCl2NO3S/c1-24-15-9(6-10(18)8-13(15)20)7-14-16(22)21(17(23)25-14)12-4-2-11(19)3-5-12/h2-8H,1H3/b14-7-. The number of rotatable bonds is 3. The van der Waals surface area contributed by atoms with E-state index in [1.807, 2.05) is 0 Å². The maximum atomic E-state index is 12.7. The molecule has 0 atom stereocenters. The van der Waals surface area contributed by atoms with E-state index < -0.39 is 5.91 Å². The van der Waals surface area contributed by atoms with Crippen molar-refractivity contribution in [1.82, 2.24) is 0 Å². The number of halogens is 3. The highest BCUT2D eigenvalue weighted by Crippen LogP contribution is 2.39. The number of thioether (sulfide) groups is 1. The summed E-state index contributed by atoms with van der Waals surface area (Å²) < 4.78 is 6.03. The van der Waals surface area contributed by atoms with Gasteiger partial charge in [0.1, 0.15) is 5.75 Å². The molecule has 0 aromatic heterocycles. The van der Waals surface area contributed by atoms with Crippen molar-refractivity contribution in [2.75, 3.05) is 12.0 Å². The first-order chi connectivity index (χ1) is 11.9. The number of amides is 2. The molecule has 128 valence electrons. The van der Waals surface area contributed by atoms with E-state index in [0.717, 1.165) is 21.1 Å². The lowest BCUT2D eigenvalue weighted by Crippen LogP contribution is -2.27. The fraction of sp³-hybridized carbons (Fsp3) is 0.0588. The van der Waals surface area contributed by atoms with Crippen LogP contribution in [0, 0.1) is 0 Å². The van der Waals surface area contributed by atoms with Crippen molar-refractivity contribution in [3.8, 4) is 5.75 Å². The van der Waals surface area contributed by atoms with Crippen LogP contribution in [0.3, 0.4) is 0 Å². The van der Waals surface area contributed by atoms with Gasteiger partial charge in [-0.25, -0.2) is 4.90 Å². The minimum Gasteiger partial charge on any atom is -0.495 e. The summed E-state index contributed by atoms with van der Waals surface area (Å²) in [6.45, 7) is 0. The van der Waals surface area contributed by atoms with Gasteiger partial charge in [0, 0.05) is 15.1 Å². The van der Waals surface area contributed by atoms with Crippen LogP contribution in [-0.2, 0) is 4.79 Å². The van der Waals surface area contributed by atoms with Crippen LogP contribution in [0.5, 0.6) is 5.75 Å². The average molecular weight is 459 g/mol. The Morgan fingerprint density at radius 1 is 1.16 bits per heavy atom. The number of ether oxygens (including phenoxy) is 1. The summed E-state index contributed by atoms with van der Waals surface area (Å²) in [6.07, 6.45) is 1.59. The van der Waals surface area contributed by atoms with Crippen LogP contribution in [0.1, 0.15) is 5.56 Å². The number of imide groups is 1. The van der Waals surface area contributed by atoms with Crippen molar-refractivity contribution in [2.24, 2.45) is 0 Å². The Balaban J connectivity index is 2.00. The molecular formula is C17H10BrCl2NO3S. The minimum absolute atomic E-state index is 0.285. The number of carbonyl (C=O) groups excluding carboxylic acids is 2. The van der Waals surface area contributed by atoms with Crippen molar-refractivity contribution in [1.29, 1.82) is 0 Å². The molecule has 0 unspecified atom stereocenters. The fourth-order valence-electron chi connectivity index (χ4n) is 2.32. The van der Waals surface area contributed by atoms with Crippen LogP contribution in [0.4, 0.5) is 10.5 Å². The molecule has 0 bridgehead atoms. The van der Waals surface area contributed by atoms with Crippen molar-refractivity contribution < 1.29 is 14.3 Å². The summed E-state index contributed by atoms with van der Waals surface area (Å²) in [4.78, 5) is 26.4. The Bertz CT molecular complexity index is 900. The average Bonchev–Trinajstić information content (AvgIpc) is 2.82. The minimum atomic E-state index is -0.407. The zero-order chi connectivity index (χ0) is 18.1. The number of nitrogens with zero attached hydrogens (tertiary/aromatic N) is 1. The quantitative estimate of drug-likeness (QED) is 0.528. The number of carbonyl (C=O) groups is 2. The molecule has 3 rings (SSSR count). The molecule has 1 saturated heterocycles. The molecule has 1 heterocycles. The second kappa shape index (κ2) is 7.41. The molecule has 1 aliphatic heterocycles. The maximum Gasteiger partial charge on any atom is 0.298 e. The Kier molecular flexibility index (Phi) is 5.43. The van der Waals surface area contributed by atoms with Crippen LogP contribution >= 0.6 is 50.9 Å². The van der Waals surface area contributed by atoms with Gasteiger partial charge in [0.2, 0.25) is 0 Å². The zero-order valence-electron chi connectivity index (χ0n) is 12.8. The second-order valence-electron chi connectivity index (χ2n) is 5.00. The normalized spacial score (nSPS) is 16.0. The molecule has 1 fully saturated rings. The first-order valence-electron chi connectivity index (χ1n) is 6.97. The molecule has 2 aromatic carbocycles. The van der Waals surface area contributed by atoms with Gasteiger partial charge >= 0.3 is 0 Å². The molecular weight excluding hydrogens is 449 g/mol. The van der Waals surface area contributed by atoms with Gasteiger partial charge in [-0.05, 0) is 54.2 Å². The summed E-state index contributed by atoms with van der Waals surface area (Å²) in [5, 5.41) is 0.554. The van der Waals surface area contributed by atoms with Gasteiger partial charge in [0.05, 0.1) is 22.7 Å². The van der Waals surface area contributed by atoms with E-state index >= 15 is 0 Å². The first kappa shape index (κ1) is 18.3. The smallest absolute Gasteiger partial charge is 0.298 e. The van der Waals surface area contributed by atoms with E-state index in [0.29, 0.717) is 27.0 Å². The van der Waals surface area contributed by atoms with Gasteiger partial charge in [-0.2, -0.15) is 0 Å². The maximum absolute atomic E-state index is 12.7. The summed E-state index contributed by atoms with van der Waals surface area (Å²) in [7, 11) is 1.49. The van der Waals surface area contributed by atoms with Gasteiger partial charge in [0.15, 0.2) is 0 Å². The van der Waals surface area contributed by atoms with Gasteiger partial charge in [0.25, 0.3) is 11.1 Å². The molecule has 0 N–H and O–H groups in total. The number of methoxy groups -OCH3 is 1. The van der Waals surface area contributed by atoms with E-state index in [9.17, 15) is 9.59 Å². The summed E-state index contributed by atoms with van der Waals surface area (Å²) in [6, 6.07) is 9.95. The van der Waals surface area contributed by atoms with Crippen LogP contribution in [-0.4, -0.2) is 18.3 Å². The molecule has 0 radical (unpaired) electrons. The Labute approximate surface area is 166 Å².